The van der Waals surface area contributed by atoms with Crippen LogP contribution in [0.1, 0.15) is 24.3 Å². The molecule has 3 rings (SSSR count). The number of hydrogen-bond acceptors (Lipinski definition) is 4. The average Bonchev–Trinajstić information content (AvgIpc) is 3.22. The summed E-state index contributed by atoms with van der Waals surface area (Å²) in [5.74, 6) is 1.01. The van der Waals surface area contributed by atoms with Gasteiger partial charge in [0.15, 0.2) is 0 Å². The van der Waals surface area contributed by atoms with Gasteiger partial charge < -0.3 is 9.73 Å². The number of hydrogen-bond donors (Lipinski definition) is 1. The smallest absolute Gasteiger partial charge is 0.232 e. The van der Waals surface area contributed by atoms with Gasteiger partial charge in [-0.2, -0.15) is 0 Å². The number of aryl methyl sites for hydroxylation is 1. The highest BCUT2D eigenvalue weighted by molar-refractivity contribution is 7.84. The maximum absolute atomic E-state index is 12.1. The molecule has 1 fully saturated rings. The summed E-state index contributed by atoms with van der Waals surface area (Å²) < 4.78 is 17.8. The van der Waals surface area contributed by atoms with E-state index in [4.69, 9.17) is 16.0 Å². The Labute approximate surface area is 141 Å². The molecular weight excluding hydrogens is 336 g/mol. The van der Waals surface area contributed by atoms with Crippen LogP contribution in [0.2, 0.25) is 5.02 Å². The molecule has 1 aromatic heterocycles. The first-order valence-electron chi connectivity index (χ1n) is 7.38. The minimum atomic E-state index is -1.32. The Morgan fingerprint density at radius 3 is 2.87 bits per heavy atom. The van der Waals surface area contributed by atoms with Gasteiger partial charge in [0.1, 0.15) is 11.5 Å². The molecule has 0 spiro atoms. The molecule has 1 atom stereocenters. The predicted molar refractivity (Wildman–Crippen MR) is 89.6 cm³/mol. The number of oxazole rings is 1. The fourth-order valence-corrected chi connectivity index (χ4v) is 3.43. The van der Waals surface area contributed by atoms with Crippen molar-refractivity contribution in [3.63, 3.8) is 0 Å². The lowest BCUT2D eigenvalue weighted by Crippen LogP contribution is -2.30. The molecule has 1 aliphatic rings. The largest absolute Gasteiger partial charge is 0.441 e. The van der Waals surface area contributed by atoms with Crippen LogP contribution in [0.15, 0.2) is 28.7 Å². The molecule has 1 amide bonds. The first kappa shape index (κ1) is 16.2. The fourth-order valence-electron chi connectivity index (χ4n) is 2.16. The van der Waals surface area contributed by atoms with E-state index in [1.807, 2.05) is 18.2 Å². The summed E-state index contributed by atoms with van der Waals surface area (Å²) in [5.41, 5.74) is 1.29. The Morgan fingerprint density at radius 2 is 2.17 bits per heavy atom. The van der Waals surface area contributed by atoms with Crippen molar-refractivity contribution in [3.05, 3.63) is 40.7 Å². The van der Waals surface area contributed by atoms with E-state index in [0.29, 0.717) is 27.9 Å². The Balaban J connectivity index is 1.67. The highest BCUT2D eigenvalue weighted by atomic mass is 35.5. The van der Waals surface area contributed by atoms with Gasteiger partial charge in [-0.15, -0.1) is 0 Å². The summed E-state index contributed by atoms with van der Waals surface area (Å²) in [6.45, 7) is 1.77. The standard InChI is InChI=1S/C16H17ClN2O3S/c1-10-14(8-23(21)9-15(20)18-11-6-7-11)19-16(22-10)12-4-2-3-5-13(12)17/h2-5,11H,6-9H2,1H3,(H,18,20)/t23-/m0/s1. The summed E-state index contributed by atoms with van der Waals surface area (Å²) in [4.78, 5) is 16.1. The summed E-state index contributed by atoms with van der Waals surface area (Å²) >= 11 is 6.14. The summed E-state index contributed by atoms with van der Waals surface area (Å²) in [7, 11) is -1.32. The fraction of sp³-hybridized carbons (Fsp3) is 0.375. The quantitative estimate of drug-likeness (QED) is 0.867. The normalized spacial score (nSPS) is 15.4. The summed E-state index contributed by atoms with van der Waals surface area (Å²) in [6.07, 6.45) is 2.03. The molecule has 1 aromatic carbocycles. The molecular formula is C16H17ClN2O3S. The summed E-state index contributed by atoms with van der Waals surface area (Å²) in [5, 5.41) is 3.38. The zero-order chi connectivity index (χ0) is 16.4. The lowest BCUT2D eigenvalue weighted by atomic mass is 10.2. The van der Waals surface area contributed by atoms with Gasteiger partial charge in [-0.1, -0.05) is 23.7 Å². The third kappa shape index (κ3) is 4.20. The number of nitrogens with zero attached hydrogens (tertiary/aromatic N) is 1. The Kier molecular flexibility index (Phi) is 4.82. The minimum Gasteiger partial charge on any atom is -0.441 e. The van der Waals surface area contributed by atoms with Crippen molar-refractivity contribution in [1.82, 2.24) is 10.3 Å². The number of nitrogens with one attached hydrogen (secondary N) is 1. The SMILES string of the molecule is Cc1oc(-c2ccccc2Cl)nc1C[S@](=O)CC(=O)NC1CC1. The van der Waals surface area contributed by atoms with Gasteiger partial charge in [0, 0.05) is 16.8 Å². The Hall–Kier alpha value is -1.66. The lowest BCUT2D eigenvalue weighted by molar-refractivity contribution is -0.118. The van der Waals surface area contributed by atoms with Gasteiger partial charge in [0.2, 0.25) is 11.8 Å². The second kappa shape index (κ2) is 6.84. The van der Waals surface area contributed by atoms with Crippen LogP contribution in [0.3, 0.4) is 0 Å². The summed E-state index contributed by atoms with van der Waals surface area (Å²) in [6, 6.07) is 7.53. The Morgan fingerprint density at radius 1 is 1.43 bits per heavy atom. The lowest BCUT2D eigenvalue weighted by Gasteiger charge is -2.02. The third-order valence-electron chi connectivity index (χ3n) is 3.53. The molecule has 0 aliphatic heterocycles. The van der Waals surface area contributed by atoms with Crippen LogP contribution < -0.4 is 5.32 Å². The molecule has 23 heavy (non-hydrogen) atoms. The van der Waals surface area contributed by atoms with Gasteiger partial charge in [-0.05, 0) is 31.9 Å². The average molecular weight is 353 g/mol. The molecule has 0 unspecified atom stereocenters. The van der Waals surface area contributed by atoms with Crippen LogP contribution >= 0.6 is 11.6 Å². The van der Waals surface area contributed by atoms with Crippen LogP contribution in [0.5, 0.6) is 0 Å². The van der Waals surface area contributed by atoms with E-state index < -0.39 is 10.8 Å². The molecule has 0 bridgehead atoms. The predicted octanol–water partition coefficient (Wildman–Crippen LogP) is 2.83. The zero-order valence-corrected chi connectivity index (χ0v) is 14.2. The molecule has 1 N–H and O–H groups in total. The minimum absolute atomic E-state index is 0.00970. The van der Waals surface area contributed by atoms with E-state index in [2.05, 4.69) is 10.3 Å². The van der Waals surface area contributed by atoms with Crippen LogP contribution in [0.25, 0.3) is 11.5 Å². The van der Waals surface area contributed by atoms with E-state index in [0.717, 1.165) is 12.8 Å². The van der Waals surface area contributed by atoms with Gasteiger partial charge in [-0.3, -0.25) is 9.00 Å². The third-order valence-corrected chi connectivity index (χ3v) is 5.04. The van der Waals surface area contributed by atoms with Crippen molar-refractivity contribution in [2.45, 2.75) is 31.6 Å². The van der Waals surface area contributed by atoms with Crippen molar-refractivity contribution >= 4 is 28.3 Å². The second-order valence-electron chi connectivity index (χ2n) is 5.57. The highest BCUT2D eigenvalue weighted by Gasteiger charge is 2.24. The molecule has 7 heteroatoms. The molecule has 0 radical (unpaired) electrons. The van der Waals surface area contributed by atoms with Gasteiger partial charge >= 0.3 is 0 Å². The van der Waals surface area contributed by atoms with Crippen LogP contribution in [-0.4, -0.2) is 26.9 Å². The van der Waals surface area contributed by atoms with Crippen molar-refractivity contribution in [2.24, 2.45) is 0 Å². The molecule has 122 valence electrons. The number of halogens is 1. The van der Waals surface area contributed by atoms with Gasteiger partial charge in [0.25, 0.3) is 0 Å². The number of benzene rings is 1. The first-order chi connectivity index (χ1) is 11.0. The maximum atomic E-state index is 12.1. The van der Waals surface area contributed by atoms with Crippen LogP contribution in [-0.2, 0) is 21.3 Å². The molecule has 2 aromatic rings. The van der Waals surface area contributed by atoms with Crippen LogP contribution in [0, 0.1) is 6.92 Å². The second-order valence-corrected chi connectivity index (χ2v) is 7.44. The molecule has 5 nitrogen and oxygen atoms in total. The number of amides is 1. The van der Waals surface area contributed by atoms with E-state index in [1.165, 1.54) is 0 Å². The van der Waals surface area contributed by atoms with E-state index in [-0.39, 0.29) is 23.5 Å². The van der Waals surface area contributed by atoms with Crippen molar-refractivity contribution in [2.75, 3.05) is 5.75 Å². The van der Waals surface area contributed by atoms with E-state index in [9.17, 15) is 9.00 Å². The van der Waals surface area contributed by atoms with Crippen molar-refractivity contribution < 1.29 is 13.4 Å². The van der Waals surface area contributed by atoms with Crippen molar-refractivity contribution in [1.29, 1.82) is 0 Å². The van der Waals surface area contributed by atoms with Crippen LogP contribution in [0.4, 0.5) is 0 Å². The van der Waals surface area contributed by atoms with Gasteiger partial charge in [-0.25, -0.2) is 4.98 Å². The Bertz CT molecular complexity index is 756. The number of carbonyl (C=O) groups excluding carboxylic acids is 1. The molecule has 1 heterocycles. The molecule has 0 saturated heterocycles. The van der Waals surface area contributed by atoms with E-state index >= 15 is 0 Å². The topological polar surface area (TPSA) is 72.2 Å². The van der Waals surface area contributed by atoms with E-state index in [1.54, 1.807) is 13.0 Å². The number of carbonyl (C=O) groups is 1. The van der Waals surface area contributed by atoms with Crippen molar-refractivity contribution in [3.8, 4) is 11.5 Å². The monoisotopic (exact) mass is 352 g/mol. The molecule has 1 aliphatic carbocycles. The van der Waals surface area contributed by atoms with Gasteiger partial charge in [0.05, 0.1) is 22.0 Å². The molecule has 1 saturated carbocycles. The zero-order valence-electron chi connectivity index (χ0n) is 12.7. The highest BCUT2D eigenvalue weighted by Crippen LogP contribution is 2.28. The number of rotatable bonds is 6. The number of aromatic nitrogens is 1. The maximum Gasteiger partial charge on any atom is 0.232 e. The first-order valence-corrected chi connectivity index (χ1v) is 9.25.